The highest BCUT2D eigenvalue weighted by Crippen LogP contribution is 1.67. The number of carboxylic acids is 1. The topological polar surface area (TPSA) is 87.1 Å². The normalized spacial score (nSPS) is 6.40. The van der Waals surface area contributed by atoms with Gasteiger partial charge in [0, 0.05) is 12.6 Å². The van der Waals surface area contributed by atoms with Gasteiger partial charge in [0.15, 0.2) is 0 Å². The van der Waals surface area contributed by atoms with Gasteiger partial charge in [-0.05, 0) is 0 Å². The molecule has 0 fully saturated rings. The third-order valence-electron chi connectivity index (χ3n) is 0.449. The lowest BCUT2D eigenvalue weighted by molar-refractivity contribution is -0.136. The monoisotopic (exact) mass is 142 g/mol. The SMILES string of the molecule is C=CC#N.NCCC(=O)O. The summed E-state index contributed by atoms with van der Waals surface area (Å²) in [5.74, 6) is -0.836. The highest BCUT2D eigenvalue weighted by atomic mass is 16.4. The maximum atomic E-state index is 9.52. The van der Waals surface area contributed by atoms with Crippen LogP contribution in [0, 0.1) is 11.3 Å². The summed E-state index contributed by atoms with van der Waals surface area (Å²) < 4.78 is 0. The molecule has 0 aliphatic carbocycles. The predicted molar refractivity (Wildman–Crippen MR) is 37.1 cm³/mol. The van der Waals surface area contributed by atoms with Crippen LogP contribution in [0.5, 0.6) is 0 Å². The number of rotatable bonds is 2. The molecule has 0 rings (SSSR count). The van der Waals surface area contributed by atoms with Crippen molar-refractivity contribution in [2.45, 2.75) is 6.42 Å². The average molecular weight is 142 g/mol. The number of carbonyl (C=O) groups is 1. The molecule has 56 valence electrons. The molecule has 4 heteroatoms. The van der Waals surface area contributed by atoms with Gasteiger partial charge in [0.2, 0.25) is 0 Å². The van der Waals surface area contributed by atoms with E-state index in [0.717, 1.165) is 0 Å². The zero-order valence-electron chi connectivity index (χ0n) is 5.58. The zero-order chi connectivity index (χ0) is 8.41. The molecule has 0 aromatic rings. The van der Waals surface area contributed by atoms with Gasteiger partial charge in [-0.15, -0.1) is 0 Å². The lowest BCUT2D eigenvalue weighted by Gasteiger charge is -1.80. The molecule has 3 N–H and O–H groups in total. The minimum absolute atomic E-state index is 0.0694. The van der Waals surface area contributed by atoms with Crippen molar-refractivity contribution in [3.8, 4) is 6.07 Å². The molecule has 0 aliphatic rings. The number of allylic oxidation sites excluding steroid dienone is 1. The van der Waals surface area contributed by atoms with Gasteiger partial charge >= 0.3 is 5.97 Å². The summed E-state index contributed by atoms with van der Waals surface area (Å²) in [7, 11) is 0. The van der Waals surface area contributed by atoms with Gasteiger partial charge in [-0.2, -0.15) is 5.26 Å². The molecule has 0 aromatic carbocycles. The molecule has 0 unspecified atom stereocenters. The van der Waals surface area contributed by atoms with Crippen molar-refractivity contribution < 1.29 is 9.90 Å². The van der Waals surface area contributed by atoms with E-state index in [9.17, 15) is 4.79 Å². The summed E-state index contributed by atoms with van der Waals surface area (Å²) in [5.41, 5.74) is 4.85. The molecule has 0 saturated carbocycles. The molecule has 0 radical (unpaired) electrons. The van der Waals surface area contributed by atoms with E-state index < -0.39 is 5.97 Å². The Morgan fingerprint density at radius 3 is 2.30 bits per heavy atom. The first-order valence-corrected chi connectivity index (χ1v) is 2.61. The van der Waals surface area contributed by atoms with Gasteiger partial charge in [-0.25, -0.2) is 0 Å². The van der Waals surface area contributed by atoms with Crippen LogP contribution < -0.4 is 5.73 Å². The number of carboxylic acid groups (broad SMARTS) is 1. The number of aliphatic carboxylic acids is 1. The van der Waals surface area contributed by atoms with Crippen LogP contribution in [0.25, 0.3) is 0 Å². The van der Waals surface area contributed by atoms with Crippen LogP contribution in [0.4, 0.5) is 0 Å². The molecule has 10 heavy (non-hydrogen) atoms. The molecule has 0 atom stereocenters. The summed E-state index contributed by atoms with van der Waals surface area (Å²) >= 11 is 0. The molecule has 0 aliphatic heterocycles. The smallest absolute Gasteiger partial charge is 0.304 e. The van der Waals surface area contributed by atoms with Crippen LogP contribution in [-0.4, -0.2) is 17.6 Å². The van der Waals surface area contributed by atoms with Crippen molar-refractivity contribution in [3.05, 3.63) is 12.7 Å². The van der Waals surface area contributed by atoms with Crippen molar-refractivity contribution >= 4 is 5.97 Å². The Bertz CT molecular complexity index is 137. The second-order valence-corrected chi connectivity index (χ2v) is 1.27. The minimum Gasteiger partial charge on any atom is -0.481 e. The standard InChI is InChI=1S/C3H7NO2.C3H3N/c4-2-1-3(5)6;1-2-3-4/h1-2,4H2,(H,5,6);2H,1H2. The molecule has 0 spiro atoms. The van der Waals surface area contributed by atoms with E-state index in [1.807, 2.05) is 0 Å². The largest absolute Gasteiger partial charge is 0.481 e. The third-order valence-corrected chi connectivity index (χ3v) is 0.449. The molecular formula is C6H10N2O2. The highest BCUT2D eigenvalue weighted by Gasteiger charge is 1.87. The van der Waals surface area contributed by atoms with Crippen LogP contribution in [0.15, 0.2) is 12.7 Å². The van der Waals surface area contributed by atoms with E-state index in [-0.39, 0.29) is 13.0 Å². The van der Waals surface area contributed by atoms with Gasteiger partial charge in [-0.1, -0.05) is 6.58 Å². The van der Waals surface area contributed by atoms with Crippen molar-refractivity contribution in [1.82, 2.24) is 0 Å². The van der Waals surface area contributed by atoms with Crippen LogP contribution in [0.1, 0.15) is 6.42 Å². The first kappa shape index (κ1) is 11.5. The van der Waals surface area contributed by atoms with Gasteiger partial charge in [0.1, 0.15) is 0 Å². The average Bonchev–Trinajstić information content (AvgIpc) is 1.89. The number of hydrogen-bond donors (Lipinski definition) is 2. The van der Waals surface area contributed by atoms with E-state index >= 15 is 0 Å². The first-order chi connectivity index (χ1) is 4.68. The molecule has 0 heterocycles. The summed E-state index contributed by atoms with van der Waals surface area (Å²) in [4.78, 5) is 9.52. The Morgan fingerprint density at radius 1 is 1.90 bits per heavy atom. The second-order valence-electron chi connectivity index (χ2n) is 1.27. The van der Waals surface area contributed by atoms with Gasteiger partial charge < -0.3 is 10.8 Å². The first-order valence-electron chi connectivity index (χ1n) is 2.61. The summed E-state index contributed by atoms with van der Waals surface area (Å²) in [6.07, 6.45) is 1.25. The van der Waals surface area contributed by atoms with Crippen LogP contribution in [-0.2, 0) is 4.79 Å². The summed E-state index contributed by atoms with van der Waals surface area (Å²) in [5, 5.41) is 15.3. The quantitative estimate of drug-likeness (QED) is 0.536. The fourth-order valence-electron chi connectivity index (χ4n) is 0.123. The number of nitrogens with zero attached hydrogens (tertiary/aromatic N) is 1. The van der Waals surface area contributed by atoms with Gasteiger partial charge in [0.25, 0.3) is 0 Å². The lowest BCUT2D eigenvalue weighted by atomic mass is 10.5. The van der Waals surface area contributed by atoms with Crippen LogP contribution in [0.3, 0.4) is 0 Å². The summed E-state index contributed by atoms with van der Waals surface area (Å²) in [6.45, 7) is 3.35. The van der Waals surface area contributed by atoms with E-state index in [0.29, 0.717) is 0 Å². The maximum Gasteiger partial charge on any atom is 0.304 e. The van der Waals surface area contributed by atoms with Crippen molar-refractivity contribution in [2.75, 3.05) is 6.54 Å². The minimum atomic E-state index is -0.836. The molecular weight excluding hydrogens is 132 g/mol. The number of nitriles is 1. The van der Waals surface area contributed by atoms with Gasteiger partial charge in [0.05, 0.1) is 12.5 Å². The molecule has 0 bridgehead atoms. The Balaban J connectivity index is 0. The summed E-state index contributed by atoms with van der Waals surface area (Å²) in [6, 6.07) is 1.69. The third kappa shape index (κ3) is 30.2. The number of hydrogen-bond acceptors (Lipinski definition) is 3. The Morgan fingerprint density at radius 2 is 2.30 bits per heavy atom. The van der Waals surface area contributed by atoms with E-state index in [1.54, 1.807) is 6.07 Å². The molecule has 0 amide bonds. The van der Waals surface area contributed by atoms with Crippen LogP contribution in [0.2, 0.25) is 0 Å². The predicted octanol–water partition coefficient (Wildman–Crippen LogP) is 0.116. The molecule has 0 aromatic heterocycles. The second kappa shape index (κ2) is 10.6. The highest BCUT2D eigenvalue weighted by molar-refractivity contribution is 5.66. The van der Waals surface area contributed by atoms with E-state index in [4.69, 9.17) is 16.1 Å². The Hall–Kier alpha value is -1.34. The van der Waals surface area contributed by atoms with Crippen LogP contribution >= 0.6 is 0 Å². The molecule has 0 saturated heterocycles. The molecule has 4 nitrogen and oxygen atoms in total. The van der Waals surface area contributed by atoms with Crippen molar-refractivity contribution in [2.24, 2.45) is 5.73 Å². The van der Waals surface area contributed by atoms with Gasteiger partial charge in [-0.3, -0.25) is 4.79 Å². The van der Waals surface area contributed by atoms with E-state index in [2.05, 4.69) is 6.58 Å². The number of nitrogens with two attached hydrogens (primary N) is 1. The maximum absolute atomic E-state index is 9.52. The zero-order valence-corrected chi connectivity index (χ0v) is 5.58. The Kier molecular flexibility index (Phi) is 12.1. The Labute approximate surface area is 59.6 Å². The fraction of sp³-hybridized carbons (Fsp3) is 0.333. The lowest BCUT2D eigenvalue weighted by Crippen LogP contribution is -2.05. The van der Waals surface area contributed by atoms with Crippen molar-refractivity contribution in [3.63, 3.8) is 0 Å². The van der Waals surface area contributed by atoms with Crippen molar-refractivity contribution in [1.29, 1.82) is 5.26 Å². The van der Waals surface area contributed by atoms with E-state index in [1.165, 1.54) is 6.08 Å². The fourth-order valence-corrected chi connectivity index (χ4v) is 0.123.